The summed E-state index contributed by atoms with van der Waals surface area (Å²) in [6, 6.07) is 9.91. The van der Waals surface area contributed by atoms with Crippen molar-refractivity contribution in [1.29, 1.82) is 0 Å². The van der Waals surface area contributed by atoms with Gasteiger partial charge in [0.05, 0.1) is 0 Å². The Kier molecular flexibility index (Phi) is 2.39. The van der Waals surface area contributed by atoms with Gasteiger partial charge in [0.2, 0.25) is 0 Å². The van der Waals surface area contributed by atoms with Crippen molar-refractivity contribution in [2.24, 2.45) is 0 Å². The van der Waals surface area contributed by atoms with Crippen LogP contribution in [0.2, 0.25) is 0 Å². The van der Waals surface area contributed by atoms with Gasteiger partial charge in [-0.3, -0.25) is 0 Å². The molecule has 0 aliphatic rings. The first-order chi connectivity index (χ1) is 4.43. The monoisotopic (exact) mass is 182 g/mol. The molecule has 0 radical (unpaired) electrons. The fourth-order valence-electron chi connectivity index (χ4n) is 0.586. The van der Waals surface area contributed by atoms with Gasteiger partial charge in [0.15, 0.2) is 0 Å². The van der Waals surface area contributed by atoms with E-state index in [4.69, 9.17) is 0 Å². The standard InChI is InChI=1S/C8H6Se/c9-7-6-8-4-2-1-3-5-8/h1-5,9H. The summed E-state index contributed by atoms with van der Waals surface area (Å²) < 4.78 is 0. The second-order valence-corrected chi connectivity index (χ2v) is 2.07. The van der Waals surface area contributed by atoms with Gasteiger partial charge < -0.3 is 0 Å². The molecule has 0 heterocycles. The third kappa shape index (κ3) is 1.93. The third-order valence-corrected chi connectivity index (χ3v) is 1.21. The average molecular weight is 181 g/mol. The SMILES string of the molecule is [SeH]C#Cc1ccccc1. The van der Waals surface area contributed by atoms with Crippen LogP contribution < -0.4 is 0 Å². The van der Waals surface area contributed by atoms with Crippen molar-refractivity contribution in [3.8, 4) is 10.7 Å². The zero-order valence-corrected chi connectivity index (χ0v) is 6.71. The van der Waals surface area contributed by atoms with E-state index in [0.717, 1.165) is 5.56 Å². The predicted molar refractivity (Wildman–Crippen MR) is 40.5 cm³/mol. The van der Waals surface area contributed by atoms with Gasteiger partial charge in [-0.15, -0.1) is 0 Å². The second-order valence-electron chi connectivity index (χ2n) is 1.60. The molecule has 0 amide bonds. The van der Waals surface area contributed by atoms with Crippen LogP contribution in [0.3, 0.4) is 0 Å². The molecular weight excluding hydrogens is 175 g/mol. The van der Waals surface area contributed by atoms with Gasteiger partial charge in [-0.25, -0.2) is 0 Å². The quantitative estimate of drug-likeness (QED) is 0.412. The van der Waals surface area contributed by atoms with E-state index >= 15 is 0 Å². The first-order valence-corrected chi connectivity index (χ1v) is 3.57. The molecule has 0 aromatic heterocycles. The Bertz CT molecular complexity index is 228. The van der Waals surface area contributed by atoms with E-state index in [1.807, 2.05) is 30.3 Å². The Hall–Kier alpha value is -0.701. The van der Waals surface area contributed by atoms with Crippen molar-refractivity contribution >= 4 is 16.0 Å². The van der Waals surface area contributed by atoms with E-state index in [0.29, 0.717) is 0 Å². The zero-order chi connectivity index (χ0) is 6.53. The van der Waals surface area contributed by atoms with E-state index in [1.54, 1.807) is 0 Å². The summed E-state index contributed by atoms with van der Waals surface area (Å²) in [5, 5.41) is 0. The fourth-order valence-corrected chi connectivity index (χ4v) is 0.857. The van der Waals surface area contributed by atoms with Crippen LogP contribution in [-0.4, -0.2) is 16.0 Å². The molecule has 0 N–H and O–H groups in total. The van der Waals surface area contributed by atoms with Gasteiger partial charge in [0, 0.05) is 0 Å². The molecule has 0 atom stereocenters. The van der Waals surface area contributed by atoms with Crippen molar-refractivity contribution < 1.29 is 0 Å². The summed E-state index contributed by atoms with van der Waals surface area (Å²) in [7, 11) is 0. The first-order valence-electron chi connectivity index (χ1n) is 2.63. The average Bonchev–Trinajstić information content (AvgIpc) is 1.91. The number of hydrogen-bond donors (Lipinski definition) is 0. The summed E-state index contributed by atoms with van der Waals surface area (Å²) >= 11 is 2.24. The van der Waals surface area contributed by atoms with E-state index in [1.165, 1.54) is 0 Å². The molecule has 0 saturated carbocycles. The first kappa shape index (κ1) is 6.42. The van der Waals surface area contributed by atoms with E-state index in [9.17, 15) is 0 Å². The maximum atomic E-state index is 2.93. The molecule has 9 heavy (non-hydrogen) atoms. The van der Waals surface area contributed by atoms with E-state index in [2.05, 4.69) is 26.8 Å². The normalized spacial score (nSPS) is 7.67. The molecule has 0 saturated heterocycles. The Morgan fingerprint density at radius 2 is 1.78 bits per heavy atom. The molecule has 44 valence electrons. The van der Waals surface area contributed by atoms with Crippen LogP contribution in [-0.2, 0) is 0 Å². The Morgan fingerprint density at radius 1 is 1.11 bits per heavy atom. The zero-order valence-electron chi connectivity index (χ0n) is 4.83. The van der Waals surface area contributed by atoms with Gasteiger partial charge in [-0.05, 0) is 0 Å². The molecular formula is C8H6Se. The number of rotatable bonds is 0. The Labute approximate surface area is 63.1 Å². The number of benzene rings is 1. The molecule has 0 aliphatic heterocycles. The molecule has 0 spiro atoms. The van der Waals surface area contributed by atoms with Gasteiger partial charge in [-0.2, -0.15) is 0 Å². The molecule has 0 bridgehead atoms. The predicted octanol–water partition coefficient (Wildman–Crippen LogP) is 0.896. The molecule has 0 fully saturated rings. The van der Waals surface area contributed by atoms with Crippen molar-refractivity contribution in [2.75, 3.05) is 0 Å². The summed E-state index contributed by atoms with van der Waals surface area (Å²) in [4.78, 5) is 2.77. The van der Waals surface area contributed by atoms with Gasteiger partial charge in [-0.1, -0.05) is 0 Å². The molecule has 0 nitrogen and oxygen atoms in total. The molecule has 1 aromatic carbocycles. The fraction of sp³-hybridized carbons (Fsp3) is 0. The van der Waals surface area contributed by atoms with Crippen LogP contribution in [0.15, 0.2) is 30.3 Å². The Morgan fingerprint density at radius 3 is 2.33 bits per heavy atom. The topological polar surface area (TPSA) is 0 Å². The molecule has 0 unspecified atom stereocenters. The molecule has 0 aliphatic carbocycles. The van der Waals surface area contributed by atoms with Crippen LogP contribution in [0, 0.1) is 10.7 Å². The molecule has 1 rings (SSSR count). The van der Waals surface area contributed by atoms with Crippen LogP contribution in [0.1, 0.15) is 5.56 Å². The molecule has 1 heteroatoms. The van der Waals surface area contributed by atoms with Crippen LogP contribution in [0.5, 0.6) is 0 Å². The third-order valence-electron chi connectivity index (χ3n) is 0.974. The summed E-state index contributed by atoms with van der Waals surface area (Å²) in [5.74, 6) is 2.93. The van der Waals surface area contributed by atoms with Crippen molar-refractivity contribution in [3.63, 3.8) is 0 Å². The van der Waals surface area contributed by atoms with Gasteiger partial charge in [0.25, 0.3) is 0 Å². The Balaban J connectivity index is 2.94. The minimum absolute atomic E-state index is 1.07. The summed E-state index contributed by atoms with van der Waals surface area (Å²) in [6.45, 7) is 0. The van der Waals surface area contributed by atoms with Crippen molar-refractivity contribution in [2.45, 2.75) is 0 Å². The van der Waals surface area contributed by atoms with E-state index in [-0.39, 0.29) is 0 Å². The minimum atomic E-state index is 1.07. The molecule has 1 aromatic rings. The second kappa shape index (κ2) is 3.35. The van der Waals surface area contributed by atoms with Gasteiger partial charge >= 0.3 is 62.6 Å². The van der Waals surface area contributed by atoms with Crippen LogP contribution in [0.25, 0.3) is 0 Å². The summed E-state index contributed by atoms with van der Waals surface area (Å²) in [6.07, 6.45) is 0. The van der Waals surface area contributed by atoms with Gasteiger partial charge in [0.1, 0.15) is 0 Å². The van der Waals surface area contributed by atoms with Crippen LogP contribution >= 0.6 is 0 Å². The van der Waals surface area contributed by atoms with Crippen LogP contribution in [0.4, 0.5) is 0 Å². The van der Waals surface area contributed by atoms with E-state index < -0.39 is 0 Å². The van der Waals surface area contributed by atoms with Crippen molar-refractivity contribution in [1.82, 2.24) is 0 Å². The number of hydrogen-bond acceptors (Lipinski definition) is 0. The summed E-state index contributed by atoms with van der Waals surface area (Å²) in [5.41, 5.74) is 1.07. The maximum absolute atomic E-state index is 2.93. The van der Waals surface area contributed by atoms with Crippen molar-refractivity contribution in [3.05, 3.63) is 35.9 Å².